The Morgan fingerprint density at radius 2 is 1.95 bits per heavy atom. The van der Waals surface area contributed by atoms with Crippen molar-refractivity contribution in [3.05, 3.63) is 63.6 Å². The van der Waals surface area contributed by atoms with Crippen LogP contribution in [0.4, 0.5) is 0 Å². The van der Waals surface area contributed by atoms with Crippen LogP contribution >= 0.6 is 15.9 Å². The Labute approximate surface area is 128 Å². The molecule has 3 heteroatoms. The van der Waals surface area contributed by atoms with E-state index in [1.165, 1.54) is 16.7 Å². The topological polar surface area (TPSA) is 12.5 Å². The number of likely N-dealkylation sites (N-methyl/N-ethyl adjacent to an activating group) is 1. The molecule has 1 heterocycles. The fraction of sp³-hybridized carbons (Fsp3) is 0.294. The minimum atomic E-state index is 0.307. The third-order valence-electron chi connectivity index (χ3n) is 4.00. The summed E-state index contributed by atoms with van der Waals surface area (Å²) < 4.78 is 6.50. The summed E-state index contributed by atoms with van der Waals surface area (Å²) in [6.07, 6.45) is 1.08. The Balaban J connectivity index is 2.13. The second kappa shape index (κ2) is 5.58. The van der Waals surface area contributed by atoms with Gasteiger partial charge in [-0.2, -0.15) is 0 Å². The van der Waals surface area contributed by atoms with Gasteiger partial charge < -0.3 is 4.74 Å². The lowest BCUT2D eigenvalue weighted by molar-refractivity contribution is 0.263. The molecule has 1 aliphatic heterocycles. The quantitative estimate of drug-likeness (QED) is 0.823. The maximum absolute atomic E-state index is 5.47. The number of hydrogen-bond acceptors (Lipinski definition) is 2. The lowest BCUT2D eigenvalue weighted by atomic mass is 9.88. The standard InChI is InChI=1S/C17H18BrNO/c1-19-9-8-13-10-15(18)16(20-2)11-14(13)17(19)12-6-4-3-5-7-12/h3-7,10-11,17H,8-9H2,1-2H3/t17-/m0/s1. The molecule has 2 aromatic carbocycles. The minimum Gasteiger partial charge on any atom is -0.496 e. The number of fused-ring (bicyclic) bond motifs is 1. The van der Waals surface area contributed by atoms with Crippen molar-refractivity contribution in [3.8, 4) is 5.75 Å². The van der Waals surface area contributed by atoms with E-state index in [4.69, 9.17) is 4.74 Å². The van der Waals surface area contributed by atoms with Crippen molar-refractivity contribution in [2.75, 3.05) is 20.7 Å². The predicted molar refractivity (Wildman–Crippen MR) is 85.3 cm³/mol. The van der Waals surface area contributed by atoms with Gasteiger partial charge in [0.15, 0.2) is 0 Å². The second-order valence-electron chi connectivity index (χ2n) is 5.23. The van der Waals surface area contributed by atoms with Gasteiger partial charge in [-0.15, -0.1) is 0 Å². The molecule has 0 aliphatic carbocycles. The molecule has 2 nitrogen and oxygen atoms in total. The van der Waals surface area contributed by atoms with Crippen molar-refractivity contribution in [2.45, 2.75) is 12.5 Å². The zero-order valence-electron chi connectivity index (χ0n) is 11.8. The molecular formula is C17H18BrNO. The summed E-state index contributed by atoms with van der Waals surface area (Å²) >= 11 is 3.59. The Morgan fingerprint density at radius 1 is 1.20 bits per heavy atom. The number of rotatable bonds is 2. The SMILES string of the molecule is COc1cc2c(cc1Br)CCN(C)[C@H]2c1ccccc1. The molecule has 0 radical (unpaired) electrons. The summed E-state index contributed by atoms with van der Waals surface area (Å²) in [5.74, 6) is 0.903. The molecule has 3 rings (SSSR count). The van der Waals surface area contributed by atoms with Crippen LogP contribution < -0.4 is 4.74 Å². The Morgan fingerprint density at radius 3 is 2.65 bits per heavy atom. The second-order valence-corrected chi connectivity index (χ2v) is 6.08. The molecule has 0 saturated heterocycles. The van der Waals surface area contributed by atoms with Gasteiger partial charge in [0.25, 0.3) is 0 Å². The summed E-state index contributed by atoms with van der Waals surface area (Å²) in [4.78, 5) is 2.41. The third-order valence-corrected chi connectivity index (χ3v) is 4.62. The van der Waals surface area contributed by atoms with Crippen LogP contribution in [0.15, 0.2) is 46.9 Å². The van der Waals surface area contributed by atoms with E-state index >= 15 is 0 Å². The molecular weight excluding hydrogens is 314 g/mol. The van der Waals surface area contributed by atoms with Gasteiger partial charge in [-0.1, -0.05) is 30.3 Å². The average Bonchev–Trinajstić information content (AvgIpc) is 2.48. The highest BCUT2D eigenvalue weighted by Crippen LogP contribution is 2.39. The molecule has 1 atom stereocenters. The van der Waals surface area contributed by atoms with E-state index in [1.54, 1.807) is 7.11 Å². The van der Waals surface area contributed by atoms with Crippen molar-refractivity contribution in [1.29, 1.82) is 0 Å². The fourth-order valence-corrected chi connectivity index (χ4v) is 3.52. The first-order valence-electron chi connectivity index (χ1n) is 6.82. The first-order valence-corrected chi connectivity index (χ1v) is 7.61. The largest absolute Gasteiger partial charge is 0.496 e. The number of methoxy groups -OCH3 is 1. The van der Waals surface area contributed by atoms with Gasteiger partial charge in [0, 0.05) is 6.54 Å². The molecule has 1 aliphatic rings. The van der Waals surface area contributed by atoms with Crippen LogP contribution in [-0.2, 0) is 6.42 Å². The van der Waals surface area contributed by atoms with Gasteiger partial charge in [0.05, 0.1) is 17.6 Å². The van der Waals surface area contributed by atoms with Crippen LogP contribution in [0.5, 0.6) is 5.75 Å². The van der Waals surface area contributed by atoms with Gasteiger partial charge in [-0.3, -0.25) is 4.90 Å². The summed E-state index contributed by atoms with van der Waals surface area (Å²) in [5, 5.41) is 0. The fourth-order valence-electron chi connectivity index (χ4n) is 2.97. The Hall–Kier alpha value is -1.32. The maximum Gasteiger partial charge on any atom is 0.133 e. The molecule has 0 unspecified atom stereocenters. The number of halogens is 1. The molecule has 0 N–H and O–H groups in total. The molecule has 104 valence electrons. The van der Waals surface area contributed by atoms with Crippen LogP contribution in [0.25, 0.3) is 0 Å². The van der Waals surface area contributed by atoms with Crippen molar-refractivity contribution in [3.63, 3.8) is 0 Å². The Bertz CT molecular complexity index is 612. The molecule has 0 bridgehead atoms. The van der Waals surface area contributed by atoms with Crippen LogP contribution in [0.1, 0.15) is 22.7 Å². The number of nitrogens with zero attached hydrogens (tertiary/aromatic N) is 1. The van der Waals surface area contributed by atoms with E-state index in [0.29, 0.717) is 6.04 Å². The van der Waals surface area contributed by atoms with E-state index in [2.05, 4.69) is 70.3 Å². The number of hydrogen-bond donors (Lipinski definition) is 0. The molecule has 0 amide bonds. The Kier molecular flexibility index (Phi) is 3.81. The predicted octanol–water partition coefficient (Wildman–Crippen LogP) is 4.04. The molecule has 0 aromatic heterocycles. The van der Waals surface area contributed by atoms with Gasteiger partial charge >= 0.3 is 0 Å². The number of ether oxygens (including phenoxy) is 1. The first kappa shape index (κ1) is 13.7. The van der Waals surface area contributed by atoms with Gasteiger partial charge in [-0.25, -0.2) is 0 Å². The van der Waals surface area contributed by atoms with Gasteiger partial charge in [0.2, 0.25) is 0 Å². The number of benzene rings is 2. The van der Waals surface area contributed by atoms with Crippen LogP contribution in [0.2, 0.25) is 0 Å². The smallest absolute Gasteiger partial charge is 0.133 e. The van der Waals surface area contributed by atoms with Gasteiger partial charge in [-0.05, 0) is 58.2 Å². The maximum atomic E-state index is 5.47. The zero-order valence-corrected chi connectivity index (χ0v) is 13.4. The lowest BCUT2D eigenvalue weighted by Crippen LogP contribution is -2.32. The monoisotopic (exact) mass is 331 g/mol. The summed E-state index contributed by atoms with van der Waals surface area (Å²) in [7, 11) is 3.91. The van der Waals surface area contributed by atoms with E-state index in [1.807, 2.05) is 0 Å². The molecule has 20 heavy (non-hydrogen) atoms. The molecule has 0 saturated carbocycles. The normalized spacial score (nSPS) is 18.6. The van der Waals surface area contributed by atoms with Crippen molar-refractivity contribution in [2.24, 2.45) is 0 Å². The minimum absolute atomic E-state index is 0.307. The van der Waals surface area contributed by atoms with Crippen molar-refractivity contribution < 1.29 is 4.74 Å². The summed E-state index contributed by atoms with van der Waals surface area (Å²) in [5.41, 5.74) is 4.09. The first-order chi connectivity index (χ1) is 9.70. The van der Waals surface area contributed by atoms with Crippen molar-refractivity contribution >= 4 is 15.9 Å². The van der Waals surface area contributed by atoms with E-state index in [0.717, 1.165) is 23.2 Å². The molecule has 2 aromatic rings. The summed E-state index contributed by atoms with van der Waals surface area (Å²) in [6.45, 7) is 1.07. The van der Waals surface area contributed by atoms with Crippen LogP contribution in [0, 0.1) is 0 Å². The van der Waals surface area contributed by atoms with Crippen LogP contribution in [0.3, 0.4) is 0 Å². The zero-order chi connectivity index (χ0) is 14.1. The highest BCUT2D eigenvalue weighted by molar-refractivity contribution is 9.10. The van der Waals surface area contributed by atoms with Gasteiger partial charge in [0.1, 0.15) is 5.75 Å². The average molecular weight is 332 g/mol. The lowest BCUT2D eigenvalue weighted by Gasteiger charge is -2.35. The highest BCUT2D eigenvalue weighted by atomic mass is 79.9. The molecule has 0 fully saturated rings. The van der Waals surface area contributed by atoms with Crippen molar-refractivity contribution in [1.82, 2.24) is 4.90 Å². The van der Waals surface area contributed by atoms with E-state index < -0.39 is 0 Å². The van der Waals surface area contributed by atoms with E-state index in [9.17, 15) is 0 Å². The molecule has 0 spiro atoms. The van der Waals surface area contributed by atoms with E-state index in [-0.39, 0.29) is 0 Å². The van der Waals surface area contributed by atoms with Crippen LogP contribution in [-0.4, -0.2) is 25.6 Å². The highest BCUT2D eigenvalue weighted by Gasteiger charge is 2.27. The third kappa shape index (κ3) is 2.36. The summed E-state index contributed by atoms with van der Waals surface area (Å²) in [6, 6.07) is 15.4.